The lowest BCUT2D eigenvalue weighted by atomic mass is 10.2. The average Bonchev–Trinajstić information content (AvgIpc) is 2.40. The lowest BCUT2D eigenvalue weighted by molar-refractivity contribution is -0.147. The number of carboxylic acids is 1. The van der Waals surface area contributed by atoms with Crippen molar-refractivity contribution in [2.45, 2.75) is 12.5 Å². The van der Waals surface area contributed by atoms with Gasteiger partial charge in [0, 0.05) is 4.47 Å². The van der Waals surface area contributed by atoms with Gasteiger partial charge >= 0.3 is 18.0 Å². The van der Waals surface area contributed by atoms with Crippen LogP contribution in [0.1, 0.15) is 6.42 Å². The maximum atomic E-state index is 11.7. The van der Waals surface area contributed by atoms with Crippen molar-refractivity contribution in [2.24, 2.45) is 0 Å². The smallest absolute Gasteiger partial charge is 0.326 e. The van der Waals surface area contributed by atoms with Crippen LogP contribution in [0.5, 0.6) is 0 Å². The Morgan fingerprint density at radius 3 is 2.55 bits per heavy atom. The van der Waals surface area contributed by atoms with Gasteiger partial charge in [0.25, 0.3) is 0 Å². The van der Waals surface area contributed by atoms with Crippen molar-refractivity contribution in [1.82, 2.24) is 5.32 Å². The van der Waals surface area contributed by atoms with Crippen LogP contribution in [0.2, 0.25) is 0 Å². The number of esters is 1. The number of hydrogen-bond acceptors (Lipinski definition) is 4. The van der Waals surface area contributed by atoms with Crippen molar-refractivity contribution in [2.75, 3.05) is 12.4 Å². The van der Waals surface area contributed by atoms with Gasteiger partial charge in [0.2, 0.25) is 0 Å². The second-order valence-electron chi connectivity index (χ2n) is 3.75. The van der Waals surface area contributed by atoms with Gasteiger partial charge in [-0.25, -0.2) is 9.59 Å². The van der Waals surface area contributed by atoms with E-state index in [2.05, 4.69) is 31.3 Å². The third kappa shape index (κ3) is 4.88. The van der Waals surface area contributed by atoms with E-state index in [9.17, 15) is 14.4 Å². The maximum absolute atomic E-state index is 11.7. The molecule has 0 radical (unpaired) electrons. The van der Waals surface area contributed by atoms with Crippen molar-refractivity contribution in [3.8, 4) is 0 Å². The van der Waals surface area contributed by atoms with E-state index in [4.69, 9.17) is 5.11 Å². The van der Waals surface area contributed by atoms with Crippen LogP contribution in [0.15, 0.2) is 28.7 Å². The molecule has 0 fully saturated rings. The molecule has 0 aliphatic carbocycles. The molecule has 0 aromatic heterocycles. The highest BCUT2D eigenvalue weighted by Gasteiger charge is 2.23. The number of aliphatic carboxylic acids is 1. The summed E-state index contributed by atoms with van der Waals surface area (Å²) in [6.07, 6.45) is -0.449. The number of anilines is 1. The molecule has 1 aromatic rings. The van der Waals surface area contributed by atoms with Gasteiger partial charge in [-0.05, 0) is 28.1 Å². The SMILES string of the molecule is COC(=O)C[C@H](NC(=O)Nc1ccccc1Br)C(=O)O. The number of hydrogen-bond donors (Lipinski definition) is 3. The highest BCUT2D eigenvalue weighted by Crippen LogP contribution is 2.20. The molecule has 0 bridgehead atoms. The molecule has 0 aliphatic heterocycles. The molecule has 1 atom stereocenters. The van der Waals surface area contributed by atoms with Crippen LogP contribution < -0.4 is 10.6 Å². The maximum Gasteiger partial charge on any atom is 0.326 e. The fourth-order valence-electron chi connectivity index (χ4n) is 1.33. The van der Waals surface area contributed by atoms with Gasteiger partial charge in [-0.1, -0.05) is 12.1 Å². The number of para-hydroxylation sites is 1. The Morgan fingerprint density at radius 1 is 1.35 bits per heavy atom. The summed E-state index contributed by atoms with van der Waals surface area (Å²) in [4.78, 5) is 33.7. The molecule has 7 nitrogen and oxygen atoms in total. The number of halogens is 1. The predicted octanol–water partition coefficient (Wildman–Crippen LogP) is 1.59. The molecule has 0 saturated heterocycles. The second kappa shape index (κ2) is 7.49. The van der Waals surface area contributed by atoms with Gasteiger partial charge in [-0.15, -0.1) is 0 Å². The highest BCUT2D eigenvalue weighted by molar-refractivity contribution is 9.10. The summed E-state index contributed by atoms with van der Waals surface area (Å²) in [5, 5.41) is 13.6. The minimum atomic E-state index is -1.36. The van der Waals surface area contributed by atoms with Crippen LogP contribution in [0, 0.1) is 0 Å². The number of rotatable bonds is 5. The zero-order chi connectivity index (χ0) is 15.1. The van der Waals surface area contributed by atoms with Crippen LogP contribution in [0.25, 0.3) is 0 Å². The summed E-state index contributed by atoms with van der Waals surface area (Å²) in [7, 11) is 1.14. The first-order valence-corrected chi connectivity index (χ1v) is 6.35. The standard InChI is InChI=1S/C12H13BrN2O5/c1-20-10(16)6-9(11(17)18)15-12(19)14-8-5-3-2-4-7(8)13/h2-5,9H,6H2,1H3,(H,17,18)(H2,14,15,19)/t9-/m0/s1. The Labute approximate surface area is 123 Å². The van der Waals surface area contributed by atoms with E-state index in [1.165, 1.54) is 0 Å². The van der Waals surface area contributed by atoms with Gasteiger partial charge in [-0.3, -0.25) is 4.79 Å². The summed E-state index contributed by atoms with van der Waals surface area (Å²) in [5.41, 5.74) is 0.479. The molecule has 1 aromatic carbocycles. The minimum absolute atomic E-state index is 0.449. The Bertz CT molecular complexity index is 520. The molecule has 0 spiro atoms. The summed E-state index contributed by atoms with van der Waals surface area (Å²) in [6.45, 7) is 0. The first kappa shape index (κ1) is 16.0. The van der Waals surface area contributed by atoms with Gasteiger partial charge in [-0.2, -0.15) is 0 Å². The average molecular weight is 345 g/mol. The summed E-state index contributed by atoms with van der Waals surface area (Å²) in [5.74, 6) is -2.05. The zero-order valence-electron chi connectivity index (χ0n) is 10.6. The fraction of sp³-hybridized carbons (Fsp3) is 0.250. The van der Waals surface area contributed by atoms with Crippen LogP contribution in [0.3, 0.4) is 0 Å². The van der Waals surface area contributed by atoms with Crippen LogP contribution in [-0.4, -0.2) is 36.2 Å². The minimum Gasteiger partial charge on any atom is -0.480 e. The van der Waals surface area contributed by atoms with Crippen LogP contribution in [-0.2, 0) is 14.3 Å². The molecule has 0 unspecified atom stereocenters. The topological polar surface area (TPSA) is 105 Å². The largest absolute Gasteiger partial charge is 0.480 e. The quantitative estimate of drug-likeness (QED) is 0.703. The van der Waals surface area contributed by atoms with Crippen molar-refractivity contribution in [1.29, 1.82) is 0 Å². The van der Waals surface area contributed by atoms with E-state index in [1.807, 2.05) is 0 Å². The number of carbonyl (C=O) groups is 3. The third-order valence-corrected chi connectivity index (χ3v) is 3.02. The Kier molecular flexibility index (Phi) is 5.98. The molecule has 20 heavy (non-hydrogen) atoms. The van der Waals surface area contributed by atoms with Gasteiger partial charge in [0.1, 0.15) is 6.04 Å². The molecule has 0 heterocycles. The lowest BCUT2D eigenvalue weighted by Crippen LogP contribution is -2.44. The van der Waals surface area contributed by atoms with E-state index in [-0.39, 0.29) is 0 Å². The molecule has 8 heteroatoms. The van der Waals surface area contributed by atoms with Gasteiger partial charge < -0.3 is 20.5 Å². The van der Waals surface area contributed by atoms with E-state index in [1.54, 1.807) is 24.3 Å². The van der Waals surface area contributed by atoms with Crippen molar-refractivity contribution in [3.05, 3.63) is 28.7 Å². The molecule has 0 aliphatic rings. The molecular formula is C12H13BrN2O5. The van der Waals surface area contributed by atoms with E-state index < -0.39 is 30.4 Å². The normalized spacial score (nSPS) is 11.3. The molecule has 0 saturated carbocycles. The molecule has 1 rings (SSSR count). The number of methoxy groups -OCH3 is 1. The summed E-state index contributed by atoms with van der Waals surface area (Å²) < 4.78 is 5.02. The number of carbonyl (C=O) groups excluding carboxylic acids is 2. The Hall–Kier alpha value is -2.09. The van der Waals surface area contributed by atoms with Crippen LogP contribution in [0.4, 0.5) is 10.5 Å². The molecule has 3 N–H and O–H groups in total. The van der Waals surface area contributed by atoms with E-state index in [0.29, 0.717) is 10.2 Å². The van der Waals surface area contributed by atoms with E-state index >= 15 is 0 Å². The summed E-state index contributed by atoms with van der Waals surface area (Å²) >= 11 is 3.24. The first-order valence-electron chi connectivity index (χ1n) is 5.55. The fourth-order valence-corrected chi connectivity index (χ4v) is 1.71. The third-order valence-electron chi connectivity index (χ3n) is 2.32. The van der Waals surface area contributed by atoms with Crippen molar-refractivity contribution in [3.63, 3.8) is 0 Å². The predicted molar refractivity (Wildman–Crippen MR) is 74.4 cm³/mol. The molecule has 108 valence electrons. The highest BCUT2D eigenvalue weighted by atomic mass is 79.9. The van der Waals surface area contributed by atoms with Crippen molar-refractivity contribution >= 4 is 39.6 Å². The van der Waals surface area contributed by atoms with Gasteiger partial charge in [0.05, 0.1) is 19.2 Å². The van der Waals surface area contributed by atoms with E-state index in [0.717, 1.165) is 7.11 Å². The summed E-state index contributed by atoms with van der Waals surface area (Å²) in [6, 6.07) is 4.75. The Morgan fingerprint density at radius 2 is 2.00 bits per heavy atom. The van der Waals surface area contributed by atoms with Crippen molar-refractivity contribution < 1.29 is 24.2 Å². The Balaban J connectivity index is 2.65. The van der Waals surface area contributed by atoms with Gasteiger partial charge in [0.15, 0.2) is 0 Å². The first-order chi connectivity index (χ1) is 9.43. The van der Waals surface area contributed by atoms with Crippen LogP contribution >= 0.6 is 15.9 Å². The molecular weight excluding hydrogens is 332 g/mol. The second-order valence-corrected chi connectivity index (χ2v) is 4.60. The zero-order valence-corrected chi connectivity index (χ0v) is 12.1. The number of nitrogens with one attached hydrogen (secondary N) is 2. The number of amides is 2. The number of carboxylic acid groups (broad SMARTS) is 1. The number of ether oxygens (including phenoxy) is 1. The number of urea groups is 1. The lowest BCUT2D eigenvalue weighted by Gasteiger charge is -2.14. The number of benzene rings is 1. The monoisotopic (exact) mass is 344 g/mol. The molecule has 2 amide bonds.